The summed E-state index contributed by atoms with van der Waals surface area (Å²) in [6, 6.07) is 0.211. The third kappa shape index (κ3) is 2.91. The maximum atomic E-state index is 5.90. The van der Waals surface area contributed by atoms with Gasteiger partial charge in [-0.3, -0.25) is 0 Å². The first-order chi connectivity index (χ1) is 8.76. The van der Waals surface area contributed by atoms with Crippen molar-refractivity contribution in [3.63, 3.8) is 0 Å². The maximum absolute atomic E-state index is 5.90. The SMILES string of the molecule is CCCNC(CC)c1nnc(C2CCCC2C)o1. The molecule has 102 valence electrons. The van der Waals surface area contributed by atoms with Crippen molar-refractivity contribution in [3.05, 3.63) is 11.8 Å². The molecule has 1 aliphatic carbocycles. The van der Waals surface area contributed by atoms with Crippen LogP contribution in [0, 0.1) is 5.92 Å². The molecule has 1 fully saturated rings. The minimum Gasteiger partial charge on any atom is -0.423 e. The Hall–Kier alpha value is -0.900. The molecule has 1 aromatic heterocycles. The Morgan fingerprint density at radius 3 is 2.78 bits per heavy atom. The number of nitrogens with one attached hydrogen (secondary N) is 1. The highest BCUT2D eigenvalue weighted by Crippen LogP contribution is 2.38. The average molecular weight is 251 g/mol. The quantitative estimate of drug-likeness (QED) is 0.841. The lowest BCUT2D eigenvalue weighted by Gasteiger charge is -2.12. The van der Waals surface area contributed by atoms with Gasteiger partial charge in [0.15, 0.2) is 0 Å². The molecular weight excluding hydrogens is 226 g/mol. The highest BCUT2D eigenvalue weighted by atomic mass is 16.4. The fourth-order valence-corrected chi connectivity index (χ4v) is 2.77. The molecule has 0 aromatic carbocycles. The summed E-state index contributed by atoms with van der Waals surface area (Å²) in [4.78, 5) is 0. The number of hydrogen-bond acceptors (Lipinski definition) is 4. The van der Waals surface area contributed by atoms with Crippen LogP contribution in [0.15, 0.2) is 4.42 Å². The largest absolute Gasteiger partial charge is 0.423 e. The summed E-state index contributed by atoms with van der Waals surface area (Å²) in [7, 11) is 0. The van der Waals surface area contributed by atoms with Gasteiger partial charge in [-0.1, -0.05) is 27.2 Å². The zero-order valence-corrected chi connectivity index (χ0v) is 11.8. The molecule has 4 nitrogen and oxygen atoms in total. The summed E-state index contributed by atoms with van der Waals surface area (Å²) in [5.41, 5.74) is 0. The third-order valence-electron chi connectivity index (χ3n) is 3.98. The minimum atomic E-state index is 0.211. The molecule has 2 rings (SSSR count). The second-order valence-electron chi connectivity index (χ2n) is 5.41. The van der Waals surface area contributed by atoms with Crippen molar-refractivity contribution in [2.24, 2.45) is 5.92 Å². The standard InChI is InChI=1S/C14H25N3O/c1-4-9-15-12(5-2)14-17-16-13(18-14)11-8-6-7-10(11)3/h10-12,15H,4-9H2,1-3H3. The summed E-state index contributed by atoms with van der Waals surface area (Å²) < 4.78 is 5.90. The van der Waals surface area contributed by atoms with Gasteiger partial charge in [-0.2, -0.15) is 0 Å². The molecule has 0 spiro atoms. The highest BCUT2D eigenvalue weighted by molar-refractivity contribution is 4.99. The summed E-state index contributed by atoms with van der Waals surface area (Å²) in [6.45, 7) is 7.60. The second kappa shape index (κ2) is 6.32. The lowest BCUT2D eigenvalue weighted by molar-refractivity contribution is 0.342. The summed E-state index contributed by atoms with van der Waals surface area (Å²) in [5.74, 6) is 2.78. The highest BCUT2D eigenvalue weighted by Gasteiger charge is 2.30. The van der Waals surface area contributed by atoms with Gasteiger partial charge in [0.1, 0.15) is 0 Å². The fourth-order valence-electron chi connectivity index (χ4n) is 2.77. The number of rotatable bonds is 6. The molecule has 3 unspecified atom stereocenters. The van der Waals surface area contributed by atoms with Crippen LogP contribution in [0.25, 0.3) is 0 Å². The van der Waals surface area contributed by atoms with Gasteiger partial charge in [-0.05, 0) is 38.1 Å². The van der Waals surface area contributed by atoms with Crippen molar-refractivity contribution in [3.8, 4) is 0 Å². The Kier molecular flexibility index (Phi) is 4.75. The smallest absolute Gasteiger partial charge is 0.233 e. The third-order valence-corrected chi connectivity index (χ3v) is 3.98. The van der Waals surface area contributed by atoms with Crippen LogP contribution >= 0.6 is 0 Å². The molecule has 0 radical (unpaired) electrons. The van der Waals surface area contributed by atoms with E-state index in [-0.39, 0.29) is 6.04 Å². The van der Waals surface area contributed by atoms with Crippen LogP contribution < -0.4 is 5.32 Å². The van der Waals surface area contributed by atoms with E-state index in [4.69, 9.17) is 4.42 Å². The molecule has 1 aromatic rings. The molecule has 1 aliphatic rings. The Balaban J connectivity index is 2.04. The zero-order chi connectivity index (χ0) is 13.0. The second-order valence-corrected chi connectivity index (χ2v) is 5.41. The van der Waals surface area contributed by atoms with Crippen LogP contribution in [0.5, 0.6) is 0 Å². The van der Waals surface area contributed by atoms with Gasteiger partial charge < -0.3 is 9.73 Å². The Morgan fingerprint density at radius 1 is 1.33 bits per heavy atom. The average Bonchev–Trinajstić information content (AvgIpc) is 2.99. The van der Waals surface area contributed by atoms with E-state index in [1.807, 2.05) is 0 Å². The Labute approximate surface area is 110 Å². The van der Waals surface area contributed by atoms with E-state index in [1.165, 1.54) is 19.3 Å². The molecule has 18 heavy (non-hydrogen) atoms. The van der Waals surface area contributed by atoms with Gasteiger partial charge in [0, 0.05) is 5.92 Å². The molecule has 0 bridgehead atoms. The van der Waals surface area contributed by atoms with E-state index in [0.717, 1.165) is 31.2 Å². The zero-order valence-electron chi connectivity index (χ0n) is 11.8. The predicted octanol–water partition coefficient (Wildman–Crippen LogP) is 3.42. The van der Waals surface area contributed by atoms with Crippen molar-refractivity contribution in [2.75, 3.05) is 6.54 Å². The van der Waals surface area contributed by atoms with Gasteiger partial charge in [-0.15, -0.1) is 10.2 Å². The maximum Gasteiger partial charge on any atom is 0.233 e. The van der Waals surface area contributed by atoms with E-state index < -0.39 is 0 Å². The van der Waals surface area contributed by atoms with E-state index in [0.29, 0.717) is 11.8 Å². The molecule has 1 N–H and O–H groups in total. The monoisotopic (exact) mass is 251 g/mol. The van der Waals surface area contributed by atoms with Crippen LogP contribution in [0.1, 0.15) is 76.6 Å². The van der Waals surface area contributed by atoms with E-state index in [2.05, 4.69) is 36.3 Å². The van der Waals surface area contributed by atoms with Gasteiger partial charge in [0.2, 0.25) is 11.8 Å². The van der Waals surface area contributed by atoms with Crippen LogP contribution in [0.2, 0.25) is 0 Å². The van der Waals surface area contributed by atoms with Crippen molar-refractivity contribution in [2.45, 2.75) is 64.8 Å². The van der Waals surface area contributed by atoms with Crippen LogP contribution in [-0.4, -0.2) is 16.7 Å². The van der Waals surface area contributed by atoms with E-state index in [9.17, 15) is 0 Å². The van der Waals surface area contributed by atoms with Gasteiger partial charge >= 0.3 is 0 Å². The Bertz CT molecular complexity index is 364. The lowest BCUT2D eigenvalue weighted by Crippen LogP contribution is -2.21. The van der Waals surface area contributed by atoms with Crippen LogP contribution in [0.3, 0.4) is 0 Å². The topological polar surface area (TPSA) is 51.0 Å². The molecule has 0 amide bonds. The minimum absolute atomic E-state index is 0.211. The summed E-state index contributed by atoms with van der Waals surface area (Å²) >= 11 is 0. The van der Waals surface area contributed by atoms with Gasteiger partial charge in [0.05, 0.1) is 6.04 Å². The molecule has 1 saturated carbocycles. The lowest BCUT2D eigenvalue weighted by atomic mass is 9.98. The molecule has 4 heteroatoms. The number of nitrogens with zero attached hydrogens (tertiary/aromatic N) is 2. The van der Waals surface area contributed by atoms with Gasteiger partial charge in [-0.25, -0.2) is 0 Å². The predicted molar refractivity (Wildman–Crippen MR) is 71.4 cm³/mol. The van der Waals surface area contributed by atoms with Crippen molar-refractivity contribution >= 4 is 0 Å². The van der Waals surface area contributed by atoms with Crippen molar-refractivity contribution in [1.82, 2.24) is 15.5 Å². The molecule has 3 atom stereocenters. The van der Waals surface area contributed by atoms with Crippen molar-refractivity contribution in [1.29, 1.82) is 0 Å². The van der Waals surface area contributed by atoms with E-state index in [1.54, 1.807) is 0 Å². The Morgan fingerprint density at radius 2 is 2.17 bits per heavy atom. The van der Waals surface area contributed by atoms with Crippen LogP contribution in [0.4, 0.5) is 0 Å². The molecule has 1 heterocycles. The summed E-state index contributed by atoms with van der Waals surface area (Å²) in [5, 5.41) is 12.0. The molecular formula is C14H25N3O. The molecule has 0 aliphatic heterocycles. The number of hydrogen-bond donors (Lipinski definition) is 1. The first-order valence-electron chi connectivity index (χ1n) is 7.32. The fraction of sp³-hybridized carbons (Fsp3) is 0.857. The van der Waals surface area contributed by atoms with E-state index >= 15 is 0 Å². The van der Waals surface area contributed by atoms with Crippen molar-refractivity contribution < 1.29 is 4.42 Å². The van der Waals surface area contributed by atoms with Gasteiger partial charge in [0.25, 0.3) is 0 Å². The number of aromatic nitrogens is 2. The van der Waals surface area contributed by atoms with Crippen LogP contribution in [-0.2, 0) is 0 Å². The molecule has 0 saturated heterocycles. The summed E-state index contributed by atoms with van der Waals surface area (Å²) in [6.07, 6.45) is 5.88. The normalized spacial score (nSPS) is 25.5. The first kappa shape index (κ1) is 13.5. The first-order valence-corrected chi connectivity index (χ1v) is 7.32.